The number of fused-ring (bicyclic) bond motifs is 1. The molecule has 8 heteroatoms. The molecule has 142 valence electrons. The number of benzene rings is 2. The molecule has 2 heterocycles. The van der Waals surface area contributed by atoms with E-state index in [0.717, 1.165) is 17.7 Å². The molecule has 2 aliphatic rings. The Morgan fingerprint density at radius 1 is 1.04 bits per heavy atom. The van der Waals surface area contributed by atoms with Gasteiger partial charge in [-0.3, -0.25) is 4.79 Å². The summed E-state index contributed by atoms with van der Waals surface area (Å²) < 4.78 is 32.4. The predicted molar refractivity (Wildman–Crippen MR) is 103 cm³/mol. The molecule has 0 bridgehead atoms. The van der Waals surface area contributed by atoms with Crippen molar-refractivity contribution < 1.29 is 17.9 Å². The highest BCUT2D eigenvalue weighted by atomic mass is 35.5. The second-order valence-corrected chi connectivity index (χ2v) is 8.84. The van der Waals surface area contributed by atoms with E-state index < -0.39 is 10.0 Å². The third-order valence-corrected chi connectivity index (χ3v) is 7.13. The summed E-state index contributed by atoms with van der Waals surface area (Å²) in [5, 5.41) is 0.241. The Bertz CT molecular complexity index is 987. The molecule has 0 aliphatic carbocycles. The van der Waals surface area contributed by atoms with Crippen LogP contribution in [0.5, 0.6) is 0 Å². The van der Waals surface area contributed by atoms with E-state index in [1.54, 1.807) is 4.90 Å². The molecule has 0 unspecified atom stereocenters. The zero-order valence-electron chi connectivity index (χ0n) is 14.6. The van der Waals surface area contributed by atoms with Crippen LogP contribution in [0.2, 0.25) is 5.02 Å². The Labute approximate surface area is 163 Å². The van der Waals surface area contributed by atoms with Crippen LogP contribution in [0.25, 0.3) is 0 Å². The molecule has 4 rings (SSSR count). The van der Waals surface area contributed by atoms with E-state index in [-0.39, 0.29) is 21.4 Å². The van der Waals surface area contributed by atoms with Crippen molar-refractivity contribution in [1.82, 2.24) is 4.31 Å². The quantitative estimate of drug-likeness (QED) is 0.785. The first kappa shape index (κ1) is 18.4. The molecule has 0 aromatic heterocycles. The first-order valence-corrected chi connectivity index (χ1v) is 10.6. The van der Waals surface area contributed by atoms with Crippen LogP contribution in [-0.2, 0) is 21.2 Å². The number of hydrogen-bond donors (Lipinski definition) is 0. The zero-order chi connectivity index (χ0) is 19.0. The van der Waals surface area contributed by atoms with Gasteiger partial charge in [-0.1, -0.05) is 29.8 Å². The lowest BCUT2D eigenvalue weighted by atomic mass is 10.1. The molecule has 27 heavy (non-hydrogen) atoms. The van der Waals surface area contributed by atoms with Crippen LogP contribution >= 0.6 is 11.6 Å². The average molecular weight is 407 g/mol. The molecule has 2 aromatic rings. The van der Waals surface area contributed by atoms with Crippen LogP contribution in [0.4, 0.5) is 5.69 Å². The SMILES string of the molecule is O=C(c1cc(S(=O)(=O)N2CCOCC2)ccc1Cl)N1CCc2ccccc21. The van der Waals surface area contributed by atoms with Gasteiger partial charge in [-0.25, -0.2) is 8.42 Å². The molecule has 0 spiro atoms. The van der Waals surface area contributed by atoms with Crippen LogP contribution < -0.4 is 4.90 Å². The highest BCUT2D eigenvalue weighted by Crippen LogP contribution is 2.31. The molecule has 6 nitrogen and oxygen atoms in total. The maximum absolute atomic E-state index is 13.1. The molecule has 0 N–H and O–H groups in total. The maximum Gasteiger partial charge on any atom is 0.259 e. The van der Waals surface area contributed by atoms with E-state index >= 15 is 0 Å². The van der Waals surface area contributed by atoms with Gasteiger partial charge in [-0.2, -0.15) is 4.31 Å². The topological polar surface area (TPSA) is 66.9 Å². The number of ether oxygens (including phenoxy) is 1. The molecule has 2 aromatic carbocycles. The maximum atomic E-state index is 13.1. The monoisotopic (exact) mass is 406 g/mol. The molecule has 1 saturated heterocycles. The summed E-state index contributed by atoms with van der Waals surface area (Å²) in [7, 11) is -3.69. The Kier molecular flexibility index (Phi) is 4.94. The van der Waals surface area contributed by atoms with Crippen molar-refractivity contribution in [1.29, 1.82) is 0 Å². The number of carbonyl (C=O) groups excluding carboxylic acids is 1. The smallest absolute Gasteiger partial charge is 0.259 e. The van der Waals surface area contributed by atoms with E-state index in [1.807, 2.05) is 24.3 Å². The molecule has 1 amide bonds. The number of para-hydroxylation sites is 1. The summed E-state index contributed by atoms with van der Waals surface area (Å²) in [5.74, 6) is -0.288. The van der Waals surface area contributed by atoms with Gasteiger partial charge in [-0.05, 0) is 36.2 Å². The van der Waals surface area contributed by atoms with E-state index in [1.165, 1.54) is 22.5 Å². The van der Waals surface area contributed by atoms with Crippen LogP contribution in [0, 0.1) is 0 Å². The zero-order valence-corrected chi connectivity index (χ0v) is 16.2. The Morgan fingerprint density at radius 3 is 2.56 bits per heavy atom. The van der Waals surface area contributed by atoms with Gasteiger partial charge in [0.05, 0.1) is 28.7 Å². The second-order valence-electron chi connectivity index (χ2n) is 6.49. The number of anilines is 1. The molecule has 2 aliphatic heterocycles. The van der Waals surface area contributed by atoms with Crippen LogP contribution in [0.15, 0.2) is 47.4 Å². The first-order valence-electron chi connectivity index (χ1n) is 8.76. The number of rotatable bonds is 3. The third kappa shape index (κ3) is 3.36. The lowest BCUT2D eigenvalue weighted by Gasteiger charge is -2.26. The standard InChI is InChI=1S/C19H19ClN2O4S/c20-17-6-5-15(27(24,25)21-9-11-26-12-10-21)13-16(17)19(23)22-8-7-14-3-1-2-4-18(14)22/h1-6,13H,7-12H2. The van der Waals surface area contributed by atoms with Crippen molar-refractivity contribution in [3.63, 3.8) is 0 Å². The van der Waals surface area contributed by atoms with E-state index in [9.17, 15) is 13.2 Å². The van der Waals surface area contributed by atoms with Crippen LogP contribution in [0.1, 0.15) is 15.9 Å². The minimum atomic E-state index is -3.69. The minimum absolute atomic E-state index is 0.0737. The van der Waals surface area contributed by atoms with Gasteiger partial charge in [0.2, 0.25) is 10.0 Å². The van der Waals surface area contributed by atoms with Crippen molar-refractivity contribution in [2.24, 2.45) is 0 Å². The molecule has 0 radical (unpaired) electrons. The molecular formula is C19H19ClN2O4S. The fourth-order valence-electron chi connectivity index (χ4n) is 3.46. The summed E-state index contributed by atoms with van der Waals surface area (Å²) in [4.78, 5) is 14.8. The predicted octanol–water partition coefficient (Wildman–Crippen LogP) is 2.56. The lowest BCUT2D eigenvalue weighted by molar-refractivity contribution is 0.0730. The van der Waals surface area contributed by atoms with Crippen molar-refractivity contribution in [3.05, 3.63) is 58.6 Å². The highest BCUT2D eigenvalue weighted by molar-refractivity contribution is 7.89. The van der Waals surface area contributed by atoms with Gasteiger partial charge in [0.15, 0.2) is 0 Å². The van der Waals surface area contributed by atoms with Crippen LogP contribution in [0.3, 0.4) is 0 Å². The number of morpholine rings is 1. The van der Waals surface area contributed by atoms with Gasteiger partial charge in [0, 0.05) is 25.3 Å². The van der Waals surface area contributed by atoms with E-state index in [2.05, 4.69) is 0 Å². The fourth-order valence-corrected chi connectivity index (χ4v) is 5.09. The van der Waals surface area contributed by atoms with E-state index in [4.69, 9.17) is 16.3 Å². The normalized spacial score (nSPS) is 17.7. The minimum Gasteiger partial charge on any atom is -0.379 e. The third-order valence-electron chi connectivity index (χ3n) is 4.91. The summed E-state index contributed by atoms with van der Waals surface area (Å²) in [6.45, 7) is 1.88. The number of amides is 1. The van der Waals surface area contributed by atoms with Crippen molar-refractivity contribution in [3.8, 4) is 0 Å². The first-order chi connectivity index (χ1) is 13.0. The Hall–Kier alpha value is -1.93. The number of halogens is 1. The van der Waals surface area contributed by atoms with Gasteiger partial charge in [0.1, 0.15) is 0 Å². The van der Waals surface area contributed by atoms with E-state index in [0.29, 0.717) is 32.8 Å². The van der Waals surface area contributed by atoms with Gasteiger partial charge in [-0.15, -0.1) is 0 Å². The molecule has 1 fully saturated rings. The molecule has 0 saturated carbocycles. The molecule has 0 atom stereocenters. The molecular weight excluding hydrogens is 388 g/mol. The largest absolute Gasteiger partial charge is 0.379 e. The number of sulfonamides is 1. The van der Waals surface area contributed by atoms with Crippen LogP contribution in [-0.4, -0.2) is 51.5 Å². The Balaban J connectivity index is 1.68. The highest BCUT2D eigenvalue weighted by Gasteiger charge is 2.30. The summed E-state index contributed by atoms with van der Waals surface area (Å²) in [6.07, 6.45) is 0.769. The summed E-state index contributed by atoms with van der Waals surface area (Å²) >= 11 is 6.26. The number of nitrogens with zero attached hydrogens (tertiary/aromatic N) is 2. The summed E-state index contributed by atoms with van der Waals surface area (Å²) in [5.41, 5.74) is 2.14. The van der Waals surface area contributed by atoms with Gasteiger partial charge in [0.25, 0.3) is 5.91 Å². The average Bonchev–Trinajstić information content (AvgIpc) is 3.12. The van der Waals surface area contributed by atoms with Gasteiger partial charge >= 0.3 is 0 Å². The van der Waals surface area contributed by atoms with Crippen molar-refractivity contribution in [2.45, 2.75) is 11.3 Å². The van der Waals surface area contributed by atoms with Crippen molar-refractivity contribution >= 4 is 33.2 Å². The summed E-state index contributed by atoms with van der Waals surface area (Å²) in [6, 6.07) is 12.0. The number of hydrogen-bond acceptors (Lipinski definition) is 4. The fraction of sp³-hybridized carbons (Fsp3) is 0.316. The lowest BCUT2D eigenvalue weighted by Crippen LogP contribution is -2.40. The Morgan fingerprint density at radius 2 is 1.78 bits per heavy atom. The second kappa shape index (κ2) is 7.24. The number of carbonyl (C=O) groups is 1. The van der Waals surface area contributed by atoms with Gasteiger partial charge < -0.3 is 9.64 Å². The van der Waals surface area contributed by atoms with Crippen molar-refractivity contribution in [2.75, 3.05) is 37.7 Å².